The van der Waals surface area contributed by atoms with Crippen LogP contribution in [0.25, 0.3) is 0 Å². The molecule has 0 aromatic heterocycles. The van der Waals surface area contributed by atoms with Crippen LogP contribution in [0.3, 0.4) is 0 Å². The van der Waals surface area contributed by atoms with Crippen molar-refractivity contribution in [3.8, 4) is 5.75 Å². The van der Waals surface area contributed by atoms with Crippen molar-refractivity contribution in [1.82, 2.24) is 0 Å². The summed E-state index contributed by atoms with van der Waals surface area (Å²) in [7, 11) is 0. The molecule has 22 heavy (non-hydrogen) atoms. The fourth-order valence-electron chi connectivity index (χ4n) is 1.71. The van der Waals surface area contributed by atoms with Crippen LogP contribution in [0.1, 0.15) is 17.3 Å². The molecule has 0 saturated carbocycles. The SMILES string of the molecule is C=C(C)COc1cccc(C(=O)Nc2ccc(Cl)c(Cl)c2)c1. The van der Waals surface area contributed by atoms with Gasteiger partial charge in [0.05, 0.1) is 10.0 Å². The zero-order valence-electron chi connectivity index (χ0n) is 12.0. The topological polar surface area (TPSA) is 38.3 Å². The highest BCUT2D eigenvalue weighted by Crippen LogP contribution is 2.25. The van der Waals surface area contributed by atoms with Crippen molar-refractivity contribution < 1.29 is 9.53 Å². The molecule has 0 heterocycles. The molecular weight excluding hydrogens is 321 g/mol. The fraction of sp³-hybridized carbons (Fsp3) is 0.118. The summed E-state index contributed by atoms with van der Waals surface area (Å²) in [6.45, 7) is 6.06. The predicted molar refractivity (Wildman–Crippen MR) is 91.2 cm³/mol. The second kappa shape index (κ2) is 7.34. The van der Waals surface area contributed by atoms with E-state index in [9.17, 15) is 4.79 Å². The number of hydrogen-bond donors (Lipinski definition) is 1. The van der Waals surface area contributed by atoms with E-state index in [2.05, 4.69) is 11.9 Å². The number of nitrogens with one attached hydrogen (secondary N) is 1. The summed E-state index contributed by atoms with van der Waals surface area (Å²) in [5.41, 5.74) is 1.98. The van der Waals surface area contributed by atoms with Crippen molar-refractivity contribution >= 4 is 34.8 Å². The third-order valence-corrected chi connectivity index (χ3v) is 3.50. The van der Waals surface area contributed by atoms with E-state index in [1.165, 1.54) is 0 Å². The van der Waals surface area contributed by atoms with E-state index >= 15 is 0 Å². The number of ether oxygens (including phenoxy) is 1. The number of halogens is 2. The Labute approximate surface area is 139 Å². The molecule has 0 radical (unpaired) electrons. The molecule has 1 N–H and O–H groups in total. The minimum atomic E-state index is -0.251. The second-order valence-electron chi connectivity index (χ2n) is 4.86. The lowest BCUT2D eigenvalue weighted by Crippen LogP contribution is -2.12. The standard InChI is InChI=1S/C17H15Cl2NO2/c1-11(2)10-22-14-5-3-4-12(8-14)17(21)20-13-6-7-15(18)16(19)9-13/h3-9H,1,10H2,2H3,(H,20,21). The molecule has 3 nitrogen and oxygen atoms in total. The number of anilines is 1. The highest BCUT2D eigenvalue weighted by atomic mass is 35.5. The zero-order valence-corrected chi connectivity index (χ0v) is 13.5. The van der Waals surface area contributed by atoms with E-state index in [0.717, 1.165) is 5.57 Å². The number of amides is 1. The number of carbonyl (C=O) groups is 1. The van der Waals surface area contributed by atoms with E-state index in [4.69, 9.17) is 27.9 Å². The molecular formula is C17H15Cl2NO2. The molecule has 0 fully saturated rings. The summed E-state index contributed by atoms with van der Waals surface area (Å²) in [6, 6.07) is 11.9. The Morgan fingerprint density at radius 2 is 1.95 bits per heavy atom. The quantitative estimate of drug-likeness (QED) is 0.762. The highest BCUT2D eigenvalue weighted by molar-refractivity contribution is 6.42. The van der Waals surface area contributed by atoms with Gasteiger partial charge in [0, 0.05) is 11.3 Å². The van der Waals surface area contributed by atoms with Crippen molar-refractivity contribution in [3.05, 3.63) is 70.2 Å². The molecule has 2 rings (SSSR count). The summed E-state index contributed by atoms with van der Waals surface area (Å²) < 4.78 is 5.53. The number of rotatable bonds is 5. The summed E-state index contributed by atoms with van der Waals surface area (Å²) >= 11 is 11.8. The summed E-state index contributed by atoms with van der Waals surface area (Å²) in [5, 5.41) is 3.59. The van der Waals surface area contributed by atoms with Gasteiger partial charge in [-0.3, -0.25) is 4.79 Å². The van der Waals surface area contributed by atoms with E-state index in [-0.39, 0.29) is 5.91 Å². The van der Waals surface area contributed by atoms with Gasteiger partial charge in [-0.15, -0.1) is 0 Å². The first-order valence-electron chi connectivity index (χ1n) is 6.59. The second-order valence-corrected chi connectivity index (χ2v) is 5.67. The Morgan fingerprint density at radius 3 is 2.64 bits per heavy atom. The first-order valence-corrected chi connectivity index (χ1v) is 7.35. The van der Waals surface area contributed by atoms with Crippen LogP contribution >= 0.6 is 23.2 Å². The molecule has 0 aliphatic heterocycles. The Kier molecular flexibility index (Phi) is 5.47. The summed E-state index contributed by atoms with van der Waals surface area (Å²) in [4.78, 5) is 12.2. The van der Waals surface area contributed by atoms with E-state index < -0.39 is 0 Å². The molecule has 0 saturated heterocycles. The molecule has 2 aromatic rings. The first-order chi connectivity index (χ1) is 10.5. The molecule has 0 aliphatic rings. The van der Waals surface area contributed by atoms with Crippen LogP contribution in [0.5, 0.6) is 5.75 Å². The molecule has 5 heteroatoms. The Bertz CT molecular complexity index is 714. The predicted octanol–water partition coefficient (Wildman–Crippen LogP) is 5.20. The Balaban J connectivity index is 2.10. The van der Waals surface area contributed by atoms with Gasteiger partial charge in [-0.1, -0.05) is 35.8 Å². The minimum Gasteiger partial charge on any atom is -0.489 e. The molecule has 1 amide bonds. The number of carbonyl (C=O) groups excluding carboxylic acids is 1. The van der Waals surface area contributed by atoms with Crippen LogP contribution in [0.4, 0.5) is 5.69 Å². The van der Waals surface area contributed by atoms with E-state index in [1.54, 1.807) is 42.5 Å². The summed E-state index contributed by atoms with van der Waals surface area (Å²) in [5.74, 6) is 0.365. The minimum absolute atomic E-state index is 0.251. The van der Waals surface area contributed by atoms with Gasteiger partial charge in [0.15, 0.2) is 0 Å². The molecule has 0 aliphatic carbocycles. The average molecular weight is 336 g/mol. The fourth-order valence-corrected chi connectivity index (χ4v) is 2.01. The van der Waals surface area contributed by atoms with Gasteiger partial charge in [0.25, 0.3) is 5.91 Å². The largest absolute Gasteiger partial charge is 0.489 e. The van der Waals surface area contributed by atoms with Crippen LogP contribution in [-0.2, 0) is 0 Å². The maximum atomic E-state index is 12.2. The van der Waals surface area contributed by atoms with Crippen molar-refractivity contribution in [3.63, 3.8) is 0 Å². The lowest BCUT2D eigenvalue weighted by atomic mass is 10.2. The maximum Gasteiger partial charge on any atom is 0.255 e. The maximum absolute atomic E-state index is 12.2. The van der Waals surface area contributed by atoms with Crippen LogP contribution in [-0.4, -0.2) is 12.5 Å². The van der Waals surface area contributed by atoms with Gasteiger partial charge in [0.2, 0.25) is 0 Å². The number of hydrogen-bond acceptors (Lipinski definition) is 2. The molecule has 2 aromatic carbocycles. The Morgan fingerprint density at radius 1 is 1.18 bits per heavy atom. The third kappa shape index (κ3) is 4.52. The van der Waals surface area contributed by atoms with Gasteiger partial charge in [-0.25, -0.2) is 0 Å². The average Bonchev–Trinajstić information content (AvgIpc) is 2.49. The van der Waals surface area contributed by atoms with Gasteiger partial charge >= 0.3 is 0 Å². The van der Waals surface area contributed by atoms with Crippen molar-refractivity contribution in [2.24, 2.45) is 0 Å². The molecule has 0 atom stereocenters. The normalized spacial score (nSPS) is 10.1. The van der Waals surface area contributed by atoms with Crippen molar-refractivity contribution in [2.75, 3.05) is 11.9 Å². The summed E-state index contributed by atoms with van der Waals surface area (Å²) in [6.07, 6.45) is 0. The lowest BCUT2D eigenvalue weighted by Gasteiger charge is -2.09. The van der Waals surface area contributed by atoms with Crippen LogP contribution in [0, 0.1) is 0 Å². The smallest absolute Gasteiger partial charge is 0.255 e. The lowest BCUT2D eigenvalue weighted by molar-refractivity contribution is 0.102. The monoisotopic (exact) mass is 335 g/mol. The van der Waals surface area contributed by atoms with Gasteiger partial charge in [0.1, 0.15) is 12.4 Å². The van der Waals surface area contributed by atoms with Crippen LogP contribution in [0.15, 0.2) is 54.6 Å². The zero-order chi connectivity index (χ0) is 16.1. The molecule has 0 unspecified atom stereocenters. The Hall–Kier alpha value is -1.97. The van der Waals surface area contributed by atoms with E-state index in [0.29, 0.717) is 33.7 Å². The highest BCUT2D eigenvalue weighted by Gasteiger charge is 2.08. The van der Waals surface area contributed by atoms with Crippen molar-refractivity contribution in [1.29, 1.82) is 0 Å². The van der Waals surface area contributed by atoms with Crippen LogP contribution < -0.4 is 10.1 Å². The number of benzene rings is 2. The van der Waals surface area contributed by atoms with Crippen LogP contribution in [0.2, 0.25) is 10.0 Å². The first kappa shape index (κ1) is 16.4. The van der Waals surface area contributed by atoms with Gasteiger partial charge in [-0.05, 0) is 48.9 Å². The van der Waals surface area contributed by atoms with Gasteiger partial charge < -0.3 is 10.1 Å². The van der Waals surface area contributed by atoms with E-state index in [1.807, 2.05) is 6.92 Å². The van der Waals surface area contributed by atoms with Gasteiger partial charge in [-0.2, -0.15) is 0 Å². The molecule has 0 bridgehead atoms. The molecule has 0 spiro atoms. The molecule has 114 valence electrons. The third-order valence-electron chi connectivity index (χ3n) is 2.76. The van der Waals surface area contributed by atoms with Crippen molar-refractivity contribution in [2.45, 2.75) is 6.92 Å².